The van der Waals surface area contributed by atoms with Gasteiger partial charge in [0, 0.05) is 0 Å². The molecule has 2 aliphatic carbocycles. The van der Waals surface area contributed by atoms with Gasteiger partial charge in [0.15, 0.2) is 0 Å². The Morgan fingerprint density at radius 1 is 0.875 bits per heavy atom. The molecular weight excluding hydrogens is 320 g/mol. The molecule has 0 heterocycles. The van der Waals surface area contributed by atoms with Crippen molar-refractivity contribution in [1.82, 2.24) is 0 Å². The highest BCUT2D eigenvalue weighted by Gasteiger charge is 2.37. The first-order valence-electron chi connectivity index (χ1n) is 8.55. The standard InChI is InChI=1S/C20H22O3S/c1-24(21,22)23-16-10-11-19-17-8-4-2-6-14(17)12-15-7-3-5-9-18(15)20(19)13-16/h2-9,16,19-20H,10-13H2,1H3. The van der Waals surface area contributed by atoms with E-state index < -0.39 is 10.1 Å². The highest BCUT2D eigenvalue weighted by atomic mass is 32.2. The van der Waals surface area contributed by atoms with E-state index in [1.54, 1.807) is 0 Å². The van der Waals surface area contributed by atoms with E-state index in [9.17, 15) is 8.42 Å². The lowest BCUT2D eigenvalue weighted by molar-refractivity contribution is 0.141. The van der Waals surface area contributed by atoms with Gasteiger partial charge < -0.3 is 0 Å². The molecular formula is C20H22O3S. The van der Waals surface area contributed by atoms with Crippen LogP contribution in [0.3, 0.4) is 0 Å². The fourth-order valence-corrected chi connectivity index (χ4v) is 5.17. The van der Waals surface area contributed by atoms with E-state index in [0.717, 1.165) is 31.9 Å². The highest BCUT2D eigenvalue weighted by Crippen LogP contribution is 2.49. The third kappa shape index (κ3) is 3.01. The molecule has 1 saturated carbocycles. The molecule has 2 aromatic carbocycles. The van der Waals surface area contributed by atoms with Crippen molar-refractivity contribution >= 4 is 10.1 Å². The lowest BCUT2D eigenvalue weighted by Crippen LogP contribution is -2.29. The molecule has 0 saturated heterocycles. The van der Waals surface area contributed by atoms with Crippen molar-refractivity contribution in [3.8, 4) is 0 Å². The van der Waals surface area contributed by atoms with Crippen molar-refractivity contribution in [2.75, 3.05) is 6.26 Å². The Bertz CT molecular complexity index is 857. The molecule has 0 bridgehead atoms. The number of benzene rings is 2. The maximum atomic E-state index is 11.5. The summed E-state index contributed by atoms with van der Waals surface area (Å²) in [6, 6.07) is 17.3. The Morgan fingerprint density at radius 2 is 1.46 bits per heavy atom. The van der Waals surface area contributed by atoms with E-state index in [2.05, 4.69) is 48.5 Å². The molecule has 0 spiro atoms. The summed E-state index contributed by atoms with van der Waals surface area (Å²) in [6.45, 7) is 0. The topological polar surface area (TPSA) is 43.4 Å². The number of hydrogen-bond acceptors (Lipinski definition) is 3. The zero-order valence-corrected chi connectivity index (χ0v) is 14.6. The van der Waals surface area contributed by atoms with Crippen LogP contribution in [0.4, 0.5) is 0 Å². The Hall–Kier alpha value is -1.65. The molecule has 0 aromatic heterocycles. The highest BCUT2D eigenvalue weighted by molar-refractivity contribution is 7.86. The quantitative estimate of drug-likeness (QED) is 0.775. The molecule has 2 aliphatic rings. The Labute approximate surface area is 143 Å². The van der Waals surface area contributed by atoms with Crippen LogP contribution in [0.2, 0.25) is 0 Å². The summed E-state index contributed by atoms with van der Waals surface area (Å²) in [6.07, 6.45) is 4.43. The van der Waals surface area contributed by atoms with Crippen LogP contribution in [0, 0.1) is 0 Å². The second kappa shape index (κ2) is 6.01. The summed E-state index contributed by atoms with van der Waals surface area (Å²) in [5, 5.41) is 0. The van der Waals surface area contributed by atoms with E-state index in [0.29, 0.717) is 11.8 Å². The van der Waals surface area contributed by atoms with Gasteiger partial charge in [-0.15, -0.1) is 0 Å². The van der Waals surface area contributed by atoms with Crippen molar-refractivity contribution < 1.29 is 12.6 Å². The number of fused-ring (bicyclic) bond motifs is 5. The first-order chi connectivity index (χ1) is 11.5. The van der Waals surface area contributed by atoms with Crippen molar-refractivity contribution in [1.29, 1.82) is 0 Å². The largest absolute Gasteiger partial charge is 0.267 e. The molecule has 2 aromatic rings. The van der Waals surface area contributed by atoms with Crippen LogP contribution in [0.15, 0.2) is 48.5 Å². The molecule has 4 heteroatoms. The normalized spacial score (nSPS) is 26.0. The van der Waals surface area contributed by atoms with Crippen LogP contribution in [-0.2, 0) is 20.7 Å². The van der Waals surface area contributed by atoms with Gasteiger partial charge in [-0.3, -0.25) is 4.18 Å². The molecule has 0 aliphatic heterocycles. The van der Waals surface area contributed by atoms with Crippen molar-refractivity contribution in [2.24, 2.45) is 0 Å². The lowest BCUT2D eigenvalue weighted by Gasteiger charge is -2.36. The minimum absolute atomic E-state index is 0.209. The van der Waals surface area contributed by atoms with Gasteiger partial charge in [0.25, 0.3) is 10.1 Å². The molecule has 1 fully saturated rings. The van der Waals surface area contributed by atoms with Crippen LogP contribution in [0.1, 0.15) is 53.4 Å². The molecule has 126 valence electrons. The minimum Gasteiger partial charge on any atom is -0.267 e. The Kier molecular flexibility index (Phi) is 3.97. The van der Waals surface area contributed by atoms with E-state index in [-0.39, 0.29) is 6.10 Å². The molecule has 3 unspecified atom stereocenters. The zero-order chi connectivity index (χ0) is 16.7. The minimum atomic E-state index is -3.41. The van der Waals surface area contributed by atoms with Gasteiger partial charge in [-0.25, -0.2) is 0 Å². The average Bonchev–Trinajstić information content (AvgIpc) is 2.68. The van der Waals surface area contributed by atoms with Crippen molar-refractivity contribution in [3.05, 3.63) is 70.8 Å². The Morgan fingerprint density at radius 3 is 2.08 bits per heavy atom. The second-order valence-corrected chi connectivity index (χ2v) is 8.62. The second-order valence-electron chi connectivity index (χ2n) is 7.02. The molecule has 0 N–H and O–H groups in total. The number of rotatable bonds is 2. The maximum Gasteiger partial charge on any atom is 0.264 e. The average molecular weight is 342 g/mol. The SMILES string of the molecule is CS(=O)(=O)OC1CCC2c3ccccc3Cc3ccccc3C2C1. The van der Waals surface area contributed by atoms with E-state index in [1.165, 1.54) is 22.3 Å². The monoisotopic (exact) mass is 342 g/mol. The van der Waals surface area contributed by atoms with Crippen LogP contribution >= 0.6 is 0 Å². The predicted molar refractivity (Wildman–Crippen MR) is 94.7 cm³/mol. The van der Waals surface area contributed by atoms with Crippen LogP contribution in [-0.4, -0.2) is 20.8 Å². The van der Waals surface area contributed by atoms with Gasteiger partial charge in [0.1, 0.15) is 0 Å². The van der Waals surface area contributed by atoms with E-state index in [1.807, 2.05) is 0 Å². The van der Waals surface area contributed by atoms with Gasteiger partial charge in [-0.2, -0.15) is 8.42 Å². The molecule has 0 radical (unpaired) electrons. The smallest absolute Gasteiger partial charge is 0.264 e. The fourth-order valence-electron chi connectivity index (χ4n) is 4.50. The van der Waals surface area contributed by atoms with Gasteiger partial charge in [-0.05, 0) is 59.8 Å². The zero-order valence-electron chi connectivity index (χ0n) is 13.8. The van der Waals surface area contributed by atoms with E-state index >= 15 is 0 Å². The van der Waals surface area contributed by atoms with Gasteiger partial charge >= 0.3 is 0 Å². The molecule has 0 amide bonds. The third-order valence-corrected chi connectivity index (χ3v) is 6.02. The predicted octanol–water partition coefficient (Wildman–Crippen LogP) is 3.99. The van der Waals surface area contributed by atoms with Crippen molar-refractivity contribution in [2.45, 2.75) is 43.6 Å². The summed E-state index contributed by atoms with van der Waals surface area (Å²) >= 11 is 0. The summed E-state index contributed by atoms with van der Waals surface area (Å²) in [7, 11) is -3.41. The number of hydrogen-bond donors (Lipinski definition) is 0. The van der Waals surface area contributed by atoms with Gasteiger partial charge in [0.2, 0.25) is 0 Å². The van der Waals surface area contributed by atoms with Crippen LogP contribution in [0.25, 0.3) is 0 Å². The maximum absolute atomic E-state index is 11.5. The van der Waals surface area contributed by atoms with Crippen molar-refractivity contribution in [3.63, 3.8) is 0 Å². The molecule has 3 nitrogen and oxygen atoms in total. The first-order valence-corrected chi connectivity index (χ1v) is 10.4. The summed E-state index contributed by atoms with van der Waals surface area (Å²) in [4.78, 5) is 0. The fraction of sp³-hybridized carbons (Fsp3) is 0.400. The van der Waals surface area contributed by atoms with Gasteiger partial charge in [0.05, 0.1) is 12.4 Å². The van der Waals surface area contributed by atoms with E-state index in [4.69, 9.17) is 4.18 Å². The van der Waals surface area contributed by atoms with Crippen LogP contribution < -0.4 is 0 Å². The Balaban J connectivity index is 1.76. The molecule has 3 atom stereocenters. The summed E-state index contributed by atoms with van der Waals surface area (Å²) in [5.74, 6) is 0.773. The third-order valence-electron chi connectivity index (χ3n) is 5.40. The summed E-state index contributed by atoms with van der Waals surface area (Å²) in [5.41, 5.74) is 5.55. The molecule has 24 heavy (non-hydrogen) atoms. The summed E-state index contributed by atoms with van der Waals surface area (Å²) < 4.78 is 28.4. The molecule has 4 rings (SSSR count). The van der Waals surface area contributed by atoms with Gasteiger partial charge in [-0.1, -0.05) is 48.5 Å². The van der Waals surface area contributed by atoms with Crippen LogP contribution in [0.5, 0.6) is 0 Å². The first kappa shape index (κ1) is 15.9. The lowest BCUT2D eigenvalue weighted by atomic mass is 9.71.